The summed E-state index contributed by atoms with van der Waals surface area (Å²) in [6, 6.07) is -0.360. The minimum absolute atomic E-state index is 0.219. The minimum Gasteiger partial charge on any atom is -0.390 e. The maximum atomic E-state index is 11.8. The average Bonchev–Trinajstić information content (AvgIpc) is 2.43. The first-order valence-electron chi connectivity index (χ1n) is 7.06. The number of hydrogen-bond donors (Lipinski definition) is 3. The van der Waals surface area contributed by atoms with Crippen LogP contribution in [0.15, 0.2) is 0 Å². The highest BCUT2D eigenvalue weighted by Gasteiger charge is 2.44. The zero-order chi connectivity index (χ0) is 13.9. The Morgan fingerprint density at radius 2 is 2.37 bits per heavy atom. The first-order valence-corrected chi connectivity index (χ1v) is 7.06. The Balaban J connectivity index is 2.03. The van der Waals surface area contributed by atoms with E-state index < -0.39 is 5.60 Å². The molecular formula is C13H25N3O3. The number of hydrazine groups is 1. The number of nitrogens with zero attached hydrogens (tertiary/aromatic N) is 1. The fourth-order valence-corrected chi connectivity index (χ4v) is 3.48. The lowest BCUT2D eigenvalue weighted by molar-refractivity contribution is -0.137. The van der Waals surface area contributed by atoms with Crippen LogP contribution in [0.5, 0.6) is 0 Å². The van der Waals surface area contributed by atoms with Crippen molar-refractivity contribution in [3.05, 3.63) is 0 Å². The van der Waals surface area contributed by atoms with Crippen molar-refractivity contribution in [3.8, 4) is 0 Å². The van der Waals surface area contributed by atoms with Crippen molar-refractivity contribution in [2.45, 2.75) is 43.7 Å². The molecule has 2 fully saturated rings. The normalized spacial score (nSPS) is 33.5. The third kappa shape index (κ3) is 3.08. The summed E-state index contributed by atoms with van der Waals surface area (Å²) in [7, 11) is 1.58. The van der Waals surface area contributed by atoms with Crippen LogP contribution in [0.4, 0.5) is 0 Å². The number of hydrogen-bond acceptors (Lipinski definition) is 5. The van der Waals surface area contributed by atoms with Crippen molar-refractivity contribution in [3.63, 3.8) is 0 Å². The number of aliphatic hydroxyl groups is 1. The largest absolute Gasteiger partial charge is 0.390 e. The van der Waals surface area contributed by atoms with Gasteiger partial charge in [-0.05, 0) is 19.3 Å². The van der Waals surface area contributed by atoms with Crippen molar-refractivity contribution in [2.24, 2.45) is 11.8 Å². The Bertz CT molecular complexity index is 326. The van der Waals surface area contributed by atoms with Gasteiger partial charge in [0.05, 0.1) is 12.2 Å². The van der Waals surface area contributed by atoms with Gasteiger partial charge in [0, 0.05) is 26.1 Å². The summed E-state index contributed by atoms with van der Waals surface area (Å²) < 4.78 is 5.12. The summed E-state index contributed by atoms with van der Waals surface area (Å²) >= 11 is 0. The standard InChI is InChI=1S/C13H25N3O3/c1-19-9-11(12(17)15-14)16-7-6-13(18)5-3-2-4-10(13)8-16/h10-11,18H,2-9,14H2,1H3,(H,15,17). The molecule has 1 saturated carbocycles. The molecule has 3 unspecified atom stereocenters. The molecule has 0 spiro atoms. The van der Waals surface area contributed by atoms with E-state index in [1.165, 1.54) is 6.42 Å². The smallest absolute Gasteiger partial charge is 0.253 e. The molecule has 2 aliphatic rings. The second-order valence-electron chi connectivity index (χ2n) is 5.77. The number of carbonyl (C=O) groups excluding carboxylic acids is 1. The molecule has 1 aliphatic carbocycles. The first-order chi connectivity index (χ1) is 9.10. The van der Waals surface area contributed by atoms with Crippen molar-refractivity contribution < 1.29 is 14.6 Å². The van der Waals surface area contributed by atoms with Gasteiger partial charge in [0.15, 0.2) is 0 Å². The van der Waals surface area contributed by atoms with E-state index in [4.69, 9.17) is 10.6 Å². The van der Waals surface area contributed by atoms with E-state index in [1.54, 1.807) is 7.11 Å². The second-order valence-corrected chi connectivity index (χ2v) is 5.77. The van der Waals surface area contributed by atoms with Crippen molar-refractivity contribution in [2.75, 3.05) is 26.8 Å². The van der Waals surface area contributed by atoms with E-state index in [0.29, 0.717) is 13.2 Å². The van der Waals surface area contributed by atoms with Crippen LogP contribution in [0.3, 0.4) is 0 Å². The average molecular weight is 271 g/mol. The van der Waals surface area contributed by atoms with Crippen LogP contribution in [-0.2, 0) is 9.53 Å². The molecule has 1 heterocycles. The predicted molar refractivity (Wildman–Crippen MR) is 71.1 cm³/mol. The van der Waals surface area contributed by atoms with Gasteiger partial charge < -0.3 is 9.84 Å². The van der Waals surface area contributed by atoms with Gasteiger partial charge in [-0.1, -0.05) is 12.8 Å². The highest BCUT2D eigenvalue weighted by molar-refractivity contribution is 5.81. The van der Waals surface area contributed by atoms with E-state index in [1.807, 2.05) is 0 Å². The number of ether oxygens (including phenoxy) is 1. The van der Waals surface area contributed by atoms with Crippen molar-refractivity contribution >= 4 is 5.91 Å². The van der Waals surface area contributed by atoms with Crippen LogP contribution in [0, 0.1) is 5.92 Å². The Kier molecular flexibility index (Phi) is 4.78. The van der Waals surface area contributed by atoms with Gasteiger partial charge in [0.2, 0.25) is 0 Å². The number of nitrogens with two attached hydrogens (primary N) is 1. The summed E-state index contributed by atoms with van der Waals surface area (Å²) in [5.74, 6) is 5.28. The highest BCUT2D eigenvalue weighted by atomic mass is 16.5. The summed E-state index contributed by atoms with van der Waals surface area (Å²) in [5, 5.41) is 10.6. The van der Waals surface area contributed by atoms with Crippen LogP contribution in [0.25, 0.3) is 0 Å². The first kappa shape index (κ1) is 14.7. The number of likely N-dealkylation sites (tertiary alicyclic amines) is 1. The molecule has 19 heavy (non-hydrogen) atoms. The number of methoxy groups -OCH3 is 1. The molecule has 0 aromatic rings. The van der Waals surface area contributed by atoms with Gasteiger partial charge in [0.1, 0.15) is 6.04 Å². The van der Waals surface area contributed by atoms with E-state index >= 15 is 0 Å². The topological polar surface area (TPSA) is 87.8 Å². The van der Waals surface area contributed by atoms with Crippen LogP contribution in [0.1, 0.15) is 32.1 Å². The zero-order valence-electron chi connectivity index (χ0n) is 11.6. The van der Waals surface area contributed by atoms with Gasteiger partial charge in [0.25, 0.3) is 5.91 Å². The lowest BCUT2D eigenvalue weighted by atomic mass is 9.71. The molecule has 6 nitrogen and oxygen atoms in total. The molecule has 4 N–H and O–H groups in total. The SMILES string of the molecule is COCC(C(=O)NN)N1CCC2(O)CCCCC2C1. The maximum Gasteiger partial charge on any atom is 0.253 e. The predicted octanol–water partition coefficient (Wildman–Crippen LogP) is -0.382. The zero-order valence-corrected chi connectivity index (χ0v) is 11.6. The van der Waals surface area contributed by atoms with E-state index in [-0.39, 0.29) is 17.9 Å². The molecule has 1 amide bonds. The molecular weight excluding hydrogens is 246 g/mol. The molecule has 110 valence electrons. The Morgan fingerprint density at radius 1 is 1.58 bits per heavy atom. The molecule has 3 atom stereocenters. The summed E-state index contributed by atoms with van der Waals surface area (Å²) in [6.07, 6.45) is 4.94. The minimum atomic E-state index is -0.522. The molecule has 6 heteroatoms. The van der Waals surface area contributed by atoms with Crippen LogP contribution >= 0.6 is 0 Å². The van der Waals surface area contributed by atoms with Gasteiger partial charge in [-0.3, -0.25) is 15.1 Å². The van der Waals surface area contributed by atoms with E-state index in [2.05, 4.69) is 10.3 Å². The lowest BCUT2D eigenvalue weighted by Crippen LogP contribution is -2.60. The van der Waals surface area contributed by atoms with E-state index in [0.717, 1.165) is 32.2 Å². The number of piperidine rings is 1. The lowest BCUT2D eigenvalue weighted by Gasteiger charge is -2.48. The summed E-state index contributed by atoms with van der Waals surface area (Å²) in [4.78, 5) is 13.9. The molecule has 0 bridgehead atoms. The van der Waals surface area contributed by atoms with Gasteiger partial charge in [-0.2, -0.15) is 0 Å². The third-order valence-corrected chi connectivity index (χ3v) is 4.67. The molecule has 1 aliphatic heterocycles. The molecule has 2 rings (SSSR count). The molecule has 1 saturated heterocycles. The summed E-state index contributed by atoms with van der Waals surface area (Å²) in [5.41, 5.74) is 1.68. The monoisotopic (exact) mass is 271 g/mol. The van der Waals surface area contributed by atoms with Crippen molar-refractivity contribution in [1.29, 1.82) is 0 Å². The van der Waals surface area contributed by atoms with Gasteiger partial charge in [-0.15, -0.1) is 0 Å². The van der Waals surface area contributed by atoms with Crippen molar-refractivity contribution in [1.82, 2.24) is 10.3 Å². The Morgan fingerprint density at radius 3 is 3.05 bits per heavy atom. The Labute approximate surface area is 114 Å². The summed E-state index contributed by atoms with van der Waals surface area (Å²) in [6.45, 7) is 1.79. The van der Waals surface area contributed by atoms with Crippen LogP contribution in [0.2, 0.25) is 0 Å². The highest BCUT2D eigenvalue weighted by Crippen LogP contribution is 2.40. The third-order valence-electron chi connectivity index (χ3n) is 4.67. The number of carbonyl (C=O) groups is 1. The second kappa shape index (κ2) is 6.17. The quantitative estimate of drug-likeness (QED) is 0.368. The van der Waals surface area contributed by atoms with Gasteiger partial charge in [-0.25, -0.2) is 5.84 Å². The van der Waals surface area contributed by atoms with Crippen LogP contribution < -0.4 is 11.3 Å². The molecule has 0 aromatic carbocycles. The Hall–Kier alpha value is -0.690. The number of nitrogens with one attached hydrogen (secondary N) is 1. The number of amides is 1. The maximum absolute atomic E-state index is 11.8. The fourth-order valence-electron chi connectivity index (χ4n) is 3.48. The number of fused-ring (bicyclic) bond motifs is 1. The van der Waals surface area contributed by atoms with E-state index in [9.17, 15) is 9.90 Å². The number of rotatable bonds is 4. The molecule has 0 aromatic heterocycles. The fraction of sp³-hybridized carbons (Fsp3) is 0.923. The van der Waals surface area contributed by atoms with Crippen LogP contribution in [-0.4, -0.2) is 54.4 Å². The molecule has 0 radical (unpaired) electrons. The van der Waals surface area contributed by atoms with Gasteiger partial charge >= 0.3 is 0 Å².